The van der Waals surface area contributed by atoms with Crippen LogP contribution >= 0.6 is 0 Å². The van der Waals surface area contributed by atoms with Gasteiger partial charge in [-0.1, -0.05) is 123 Å². The highest BCUT2D eigenvalue weighted by atomic mass is 19.2. The first-order chi connectivity index (χ1) is 69.0. The third-order valence-electron chi connectivity index (χ3n) is 27.2. The molecule has 3 saturated heterocycles. The predicted octanol–water partition coefficient (Wildman–Crippen LogP) is 11.8. The first-order valence-electron chi connectivity index (χ1n) is 50.7. The summed E-state index contributed by atoms with van der Waals surface area (Å²) in [6.45, 7) is 21.1. The monoisotopic (exact) mass is 2040 g/mol. The smallest absolute Gasteiger partial charge is 0.410 e. The number of nitrogens with one attached hydrogen (secondary N) is 1. The molecule has 800 valence electrons. The van der Waals surface area contributed by atoms with Crippen molar-refractivity contribution in [3.8, 4) is 0 Å². The molecule has 0 aromatic heterocycles. The first-order valence-corrected chi connectivity index (χ1v) is 50.7. The fourth-order valence-electron chi connectivity index (χ4n) is 18.3. The van der Waals surface area contributed by atoms with Crippen molar-refractivity contribution in [1.29, 1.82) is 0 Å². The highest BCUT2D eigenvalue weighted by Crippen LogP contribution is 2.49. The van der Waals surface area contributed by atoms with Gasteiger partial charge < -0.3 is 96.5 Å². The Morgan fingerprint density at radius 3 is 1.10 bits per heavy atom. The summed E-state index contributed by atoms with van der Waals surface area (Å²) in [5.41, 5.74) is -1.98. The molecule has 5 aromatic rings. The maximum absolute atomic E-state index is 16.7. The molecule has 146 heavy (non-hydrogen) atoms. The van der Waals surface area contributed by atoms with Crippen molar-refractivity contribution in [2.24, 2.45) is 23.7 Å². The van der Waals surface area contributed by atoms with Gasteiger partial charge in [0.1, 0.15) is 72.1 Å². The molecule has 34 nitrogen and oxygen atoms in total. The number of hydrogen-bond donors (Lipinski definition) is 1. The van der Waals surface area contributed by atoms with E-state index in [1.54, 1.807) is 112 Å². The standard InChI is InChI=1S/C109H148F3N9O25/c1-68(140-100(129)84(55-71-29-30-71)114(14)95(124)91(58-73-33-39-79(40-34-73)119-45-50-135-51-46-119)145-104(133)88(64-109(11,12)112)118(18)105(134)146-106(4,5)6)93(122)117(17)87(63-108(9,10)111)103(132)144-92(59-74-35-41-80(42-36-74)120-47-52-136-53-48-120)96(125)116(16)86(102(131)142-70(3)98(127)139-66-77-27-23-20-24-28-77)61-78-60-82(78)89-67-137-54-49-121(89)81-43-37-75(38-44-81)57-90(143-99(128)83(113-13)62-107(7,8)110)94(123)115(15)85(56-72-31-32-72)101(130)141-69(2)97(126)138-65-76-25-21-19-22-26-76/h19-28,33-44,68-72,78,82-92,113H,29-32,45-67H2,1-18H3/t68-,69-,70-,78?,82?,83+,84+,85+,86+,87+,88+,89?,90-,91-,92-/m1/s1. The van der Waals surface area contributed by atoms with Crippen LogP contribution in [0.4, 0.5) is 35.0 Å². The predicted molar refractivity (Wildman–Crippen MR) is 534 cm³/mol. The van der Waals surface area contributed by atoms with Crippen molar-refractivity contribution in [3.05, 3.63) is 161 Å². The van der Waals surface area contributed by atoms with E-state index in [0.29, 0.717) is 119 Å². The molecule has 1 N–H and O–H groups in total. The van der Waals surface area contributed by atoms with Crippen molar-refractivity contribution in [2.45, 2.75) is 288 Å². The highest BCUT2D eigenvalue weighted by molar-refractivity contribution is 5.95. The summed E-state index contributed by atoms with van der Waals surface area (Å²) in [6, 6.07) is 29.9. The number of likely N-dealkylation sites (N-methyl/N-ethyl adjacent to an activating group) is 6. The number of nitrogens with zero attached hydrogens (tertiary/aromatic N) is 8. The highest BCUT2D eigenvalue weighted by Gasteiger charge is 2.52. The van der Waals surface area contributed by atoms with E-state index in [9.17, 15) is 28.8 Å². The molecule has 3 saturated carbocycles. The Balaban J connectivity index is 0.843. The number of ether oxygens (including phenoxy) is 12. The lowest BCUT2D eigenvalue weighted by Gasteiger charge is -2.38. The Bertz CT molecular complexity index is 5220. The summed E-state index contributed by atoms with van der Waals surface area (Å²) in [6.07, 6.45) is -9.87. The largest absolute Gasteiger partial charge is 0.458 e. The van der Waals surface area contributed by atoms with E-state index in [2.05, 4.69) is 20.0 Å². The van der Waals surface area contributed by atoms with Gasteiger partial charge in [0.15, 0.2) is 36.6 Å². The molecule has 6 aliphatic rings. The van der Waals surface area contributed by atoms with Gasteiger partial charge in [0.2, 0.25) is 0 Å². The molecule has 6 fully saturated rings. The zero-order chi connectivity index (χ0) is 106. The van der Waals surface area contributed by atoms with Gasteiger partial charge in [0.05, 0.1) is 45.7 Å². The van der Waals surface area contributed by atoms with Crippen LogP contribution in [0, 0.1) is 23.7 Å². The van der Waals surface area contributed by atoms with Gasteiger partial charge in [-0.15, -0.1) is 0 Å². The Morgan fingerprint density at radius 2 is 0.726 bits per heavy atom. The number of carbonyl (C=O) groups excluding carboxylic acids is 13. The lowest BCUT2D eigenvalue weighted by atomic mass is 9.99. The summed E-state index contributed by atoms with van der Waals surface area (Å²) >= 11 is 0. The number of anilines is 3. The molecular formula is C109H148F3N9O25. The quantitative estimate of drug-likeness (QED) is 0.0279. The van der Waals surface area contributed by atoms with Crippen LogP contribution in [0.2, 0.25) is 0 Å². The van der Waals surface area contributed by atoms with Crippen LogP contribution in [0.25, 0.3) is 0 Å². The number of amides is 5. The first kappa shape index (κ1) is 114. The van der Waals surface area contributed by atoms with Gasteiger partial charge in [0.25, 0.3) is 23.6 Å². The van der Waals surface area contributed by atoms with Gasteiger partial charge in [-0.2, -0.15) is 0 Å². The topological polar surface area (TPSA) is 371 Å². The van der Waals surface area contributed by atoms with Crippen molar-refractivity contribution in [3.63, 3.8) is 0 Å². The summed E-state index contributed by atoms with van der Waals surface area (Å²) in [4.78, 5) is 203. The average molecular weight is 2040 g/mol. The number of benzene rings is 5. The van der Waals surface area contributed by atoms with E-state index in [1.165, 1.54) is 95.7 Å². The van der Waals surface area contributed by atoms with Crippen LogP contribution in [0.3, 0.4) is 0 Å². The number of alkyl halides is 3. The Morgan fingerprint density at radius 1 is 0.384 bits per heavy atom. The maximum Gasteiger partial charge on any atom is 0.410 e. The molecule has 37 heteroatoms. The molecule has 3 unspecified atom stereocenters. The second-order valence-electron chi connectivity index (χ2n) is 42.2. The van der Waals surface area contributed by atoms with Crippen LogP contribution < -0.4 is 20.0 Å². The number of hydrogen-bond acceptors (Lipinski definition) is 29. The summed E-state index contributed by atoms with van der Waals surface area (Å²) in [5, 5.41) is 2.81. The fraction of sp³-hybridized carbons (Fsp3) is 0.606. The lowest BCUT2D eigenvalue weighted by Crippen LogP contribution is -2.54. The van der Waals surface area contributed by atoms with Crippen LogP contribution in [0.5, 0.6) is 0 Å². The molecule has 0 radical (unpaired) electrons. The third kappa shape index (κ3) is 34.3. The molecule has 15 atom stereocenters. The zero-order valence-electron chi connectivity index (χ0n) is 87.5. The van der Waals surface area contributed by atoms with Crippen molar-refractivity contribution in [2.75, 3.05) is 129 Å². The molecule has 5 amide bonds. The molecular weight excluding hydrogens is 1890 g/mol. The van der Waals surface area contributed by atoms with Gasteiger partial charge in [0, 0.05) is 124 Å². The van der Waals surface area contributed by atoms with E-state index in [1.807, 2.05) is 42.5 Å². The zero-order valence-corrected chi connectivity index (χ0v) is 87.5. The Kier molecular flexibility index (Phi) is 40.4. The van der Waals surface area contributed by atoms with E-state index in [-0.39, 0.29) is 94.5 Å². The molecule has 3 aliphatic heterocycles. The average Bonchev–Trinajstić information content (AvgIpc) is 1.62. The van der Waals surface area contributed by atoms with E-state index >= 15 is 46.7 Å². The van der Waals surface area contributed by atoms with Gasteiger partial charge >= 0.3 is 53.8 Å². The van der Waals surface area contributed by atoms with Gasteiger partial charge in [-0.25, -0.2) is 51.5 Å². The van der Waals surface area contributed by atoms with E-state index in [0.717, 1.165) is 57.7 Å². The molecule has 3 aliphatic carbocycles. The van der Waals surface area contributed by atoms with Gasteiger partial charge in [-0.3, -0.25) is 28.9 Å². The minimum absolute atomic E-state index is 0.0107. The number of rotatable bonds is 50. The molecule has 11 rings (SSSR count). The molecule has 0 bridgehead atoms. The van der Waals surface area contributed by atoms with Crippen LogP contribution in [-0.2, 0) is 147 Å². The SMILES string of the molecule is CN[C@@H](CC(C)(C)F)C(=O)O[C@H](Cc1ccc(N2CCOCC2C2CC2C[C@@H](C(=O)O[C@H](C)C(=O)OCc2ccccc2)N(C)C(=O)[C@@H](Cc2ccc(N3CCOCC3)cc2)OC(=O)[C@H](CC(C)(C)F)N(C)C(=O)[C@@H](C)OC(=O)[C@H](CC2CC2)N(C)C(=O)[C@@H](Cc2ccc(N3CCOCC3)cc2)OC(=O)[C@H](CC(C)(C)F)N(C)C(=O)OC(C)(C)C)cc1)C(=O)N(C)[C@@H](CC1CC1)C(=O)O[C@H](C)C(=O)OCc1ccccc1. The third-order valence-corrected chi connectivity index (χ3v) is 27.2. The second kappa shape index (κ2) is 51.6. The summed E-state index contributed by atoms with van der Waals surface area (Å²) in [5.74, 6) is -12.4. The lowest BCUT2D eigenvalue weighted by molar-refractivity contribution is -0.176. The summed E-state index contributed by atoms with van der Waals surface area (Å²) in [7, 11) is 7.92. The second-order valence-corrected chi connectivity index (χ2v) is 42.2. The van der Waals surface area contributed by atoms with Crippen molar-refractivity contribution < 1.29 is 132 Å². The maximum atomic E-state index is 16.7. The Hall–Kier alpha value is -12.0. The molecule has 0 spiro atoms. The number of morpholine rings is 3. The van der Waals surface area contributed by atoms with Crippen LogP contribution in [0.1, 0.15) is 182 Å². The number of carbonyl (C=O) groups is 13. The van der Waals surface area contributed by atoms with E-state index in [4.69, 9.17) is 56.8 Å². The van der Waals surface area contributed by atoms with Crippen LogP contribution in [-0.4, -0.2) is 318 Å². The molecule has 5 aromatic carbocycles. The number of halogens is 3. The Labute approximate surface area is 854 Å². The minimum Gasteiger partial charge on any atom is -0.458 e. The number of esters is 8. The minimum atomic E-state index is -2.27. The van der Waals surface area contributed by atoms with Gasteiger partial charge in [-0.05, 0) is 204 Å². The van der Waals surface area contributed by atoms with Crippen molar-refractivity contribution >= 4 is 94.5 Å². The fourth-order valence-corrected chi connectivity index (χ4v) is 18.3. The molecule has 3 heterocycles. The summed E-state index contributed by atoms with van der Waals surface area (Å²) < 4.78 is 118. The van der Waals surface area contributed by atoms with Crippen LogP contribution in [0.15, 0.2) is 133 Å². The normalized spacial score (nSPS) is 19.1. The van der Waals surface area contributed by atoms with E-state index < -0.39 is 186 Å². The van der Waals surface area contributed by atoms with Crippen molar-refractivity contribution in [1.82, 2.24) is 29.8 Å².